The fourth-order valence-electron chi connectivity index (χ4n) is 4.69. The summed E-state index contributed by atoms with van der Waals surface area (Å²) in [6.07, 6.45) is 1.89. The number of benzene rings is 3. The van der Waals surface area contributed by atoms with Gasteiger partial charge in [-0.3, -0.25) is 9.59 Å². The monoisotopic (exact) mass is 587 g/mol. The minimum atomic E-state index is -0.958. The van der Waals surface area contributed by atoms with Crippen LogP contribution in [-0.2, 0) is 27.2 Å². The summed E-state index contributed by atoms with van der Waals surface area (Å²) in [7, 11) is 1.58. The molecule has 230 valence electrons. The van der Waals surface area contributed by atoms with Crippen LogP contribution in [0.25, 0.3) is 0 Å². The number of hydrogen-bond donors (Lipinski definition) is 2. The first-order chi connectivity index (χ1) is 20.5. The van der Waals surface area contributed by atoms with E-state index in [0.29, 0.717) is 30.0 Å². The lowest BCUT2D eigenvalue weighted by Gasteiger charge is -2.34. The summed E-state index contributed by atoms with van der Waals surface area (Å²) in [5, 5.41) is 5.80. The van der Waals surface area contributed by atoms with Crippen LogP contribution in [0.2, 0.25) is 0 Å². The van der Waals surface area contributed by atoms with E-state index in [0.717, 1.165) is 24.0 Å². The smallest absolute Gasteiger partial charge is 0.408 e. The maximum Gasteiger partial charge on any atom is 0.408 e. The van der Waals surface area contributed by atoms with Crippen LogP contribution in [0.1, 0.15) is 70.2 Å². The van der Waals surface area contributed by atoms with Crippen LogP contribution < -0.4 is 15.4 Å². The van der Waals surface area contributed by atoms with E-state index in [9.17, 15) is 14.4 Å². The molecule has 3 aromatic carbocycles. The number of ether oxygens (including phenoxy) is 2. The van der Waals surface area contributed by atoms with Crippen molar-refractivity contribution in [1.29, 1.82) is 0 Å². The Morgan fingerprint density at radius 2 is 1.51 bits per heavy atom. The van der Waals surface area contributed by atoms with Gasteiger partial charge in [0.15, 0.2) is 0 Å². The van der Waals surface area contributed by atoms with Gasteiger partial charge in [-0.05, 0) is 74.6 Å². The highest BCUT2D eigenvalue weighted by Crippen LogP contribution is 2.27. The second-order valence-electron chi connectivity index (χ2n) is 11.5. The van der Waals surface area contributed by atoms with Crippen LogP contribution in [0.4, 0.5) is 10.5 Å². The SMILES string of the molecule is CCCCN(C(=O)C(Cc1ccccc1)NC(=O)OC(C)(C)C)C(C(=O)Nc1ccc(OC)cc1)c1ccc(CC)cc1. The molecule has 0 spiro atoms. The normalized spacial score (nSPS) is 12.5. The lowest BCUT2D eigenvalue weighted by molar-refractivity contribution is -0.140. The third-order valence-electron chi connectivity index (χ3n) is 6.93. The zero-order valence-electron chi connectivity index (χ0n) is 26.2. The Morgan fingerprint density at radius 1 is 0.860 bits per heavy atom. The van der Waals surface area contributed by atoms with Crippen molar-refractivity contribution in [3.63, 3.8) is 0 Å². The summed E-state index contributed by atoms with van der Waals surface area (Å²) < 4.78 is 10.8. The van der Waals surface area contributed by atoms with E-state index in [1.807, 2.05) is 61.5 Å². The Hall–Kier alpha value is -4.33. The first-order valence-electron chi connectivity index (χ1n) is 14.9. The van der Waals surface area contributed by atoms with Crippen molar-refractivity contribution >= 4 is 23.6 Å². The van der Waals surface area contributed by atoms with Crippen LogP contribution in [0, 0.1) is 0 Å². The fraction of sp³-hybridized carbons (Fsp3) is 0.400. The highest BCUT2D eigenvalue weighted by molar-refractivity contribution is 5.99. The third-order valence-corrected chi connectivity index (χ3v) is 6.93. The molecule has 3 rings (SSSR count). The van der Waals surface area contributed by atoms with E-state index in [2.05, 4.69) is 17.6 Å². The number of amides is 3. The highest BCUT2D eigenvalue weighted by atomic mass is 16.6. The van der Waals surface area contributed by atoms with Crippen molar-refractivity contribution < 1.29 is 23.9 Å². The molecule has 0 saturated heterocycles. The van der Waals surface area contributed by atoms with E-state index >= 15 is 0 Å². The van der Waals surface area contributed by atoms with Gasteiger partial charge in [-0.15, -0.1) is 0 Å². The molecule has 0 heterocycles. The number of aryl methyl sites for hydroxylation is 1. The summed E-state index contributed by atoms with van der Waals surface area (Å²) >= 11 is 0. The second kappa shape index (κ2) is 15.8. The van der Waals surface area contributed by atoms with Crippen molar-refractivity contribution in [3.8, 4) is 5.75 Å². The van der Waals surface area contributed by atoms with Gasteiger partial charge >= 0.3 is 6.09 Å². The number of anilines is 1. The topological polar surface area (TPSA) is 97.0 Å². The van der Waals surface area contributed by atoms with E-state index in [4.69, 9.17) is 9.47 Å². The molecular formula is C35H45N3O5. The molecule has 3 aromatic rings. The predicted octanol–water partition coefficient (Wildman–Crippen LogP) is 6.70. The van der Waals surface area contributed by atoms with Crippen LogP contribution in [0.3, 0.4) is 0 Å². The first kappa shape index (κ1) is 33.2. The molecule has 0 radical (unpaired) electrons. The molecule has 0 aliphatic rings. The molecule has 43 heavy (non-hydrogen) atoms. The number of alkyl carbamates (subject to hydrolysis) is 1. The zero-order valence-corrected chi connectivity index (χ0v) is 26.2. The first-order valence-corrected chi connectivity index (χ1v) is 14.9. The quantitative estimate of drug-likeness (QED) is 0.232. The maximum atomic E-state index is 14.5. The number of methoxy groups -OCH3 is 1. The van der Waals surface area contributed by atoms with Gasteiger partial charge in [0.1, 0.15) is 23.4 Å². The van der Waals surface area contributed by atoms with E-state index in [-0.39, 0.29) is 18.2 Å². The summed E-state index contributed by atoms with van der Waals surface area (Å²) in [5.41, 5.74) is 2.52. The summed E-state index contributed by atoms with van der Waals surface area (Å²) in [6.45, 7) is 9.74. The van der Waals surface area contributed by atoms with Crippen LogP contribution in [0.5, 0.6) is 5.75 Å². The molecule has 0 fully saturated rings. The lowest BCUT2D eigenvalue weighted by atomic mass is 9.98. The van der Waals surface area contributed by atoms with Crippen LogP contribution in [-0.4, -0.2) is 48.1 Å². The molecule has 3 amide bonds. The molecule has 0 saturated carbocycles. The molecule has 0 aliphatic heterocycles. The Kier molecular flexibility index (Phi) is 12.2. The van der Waals surface area contributed by atoms with Gasteiger partial charge in [0.05, 0.1) is 7.11 Å². The summed E-state index contributed by atoms with van der Waals surface area (Å²) in [6, 6.07) is 22.4. The van der Waals surface area contributed by atoms with Crippen molar-refractivity contribution in [3.05, 3.63) is 95.6 Å². The number of carbonyl (C=O) groups excluding carboxylic acids is 3. The molecule has 8 heteroatoms. The molecule has 0 bridgehead atoms. The van der Waals surface area contributed by atoms with E-state index in [1.54, 1.807) is 57.0 Å². The number of nitrogens with one attached hydrogen (secondary N) is 2. The van der Waals surface area contributed by atoms with Crippen molar-refractivity contribution in [2.24, 2.45) is 0 Å². The average Bonchev–Trinajstić information content (AvgIpc) is 2.98. The number of carbonyl (C=O) groups is 3. The highest BCUT2D eigenvalue weighted by Gasteiger charge is 2.36. The molecule has 2 N–H and O–H groups in total. The zero-order chi connectivity index (χ0) is 31.4. The average molecular weight is 588 g/mol. The Morgan fingerprint density at radius 3 is 2.07 bits per heavy atom. The molecule has 8 nitrogen and oxygen atoms in total. The van der Waals surface area contributed by atoms with Gasteiger partial charge in [0, 0.05) is 18.7 Å². The predicted molar refractivity (Wildman–Crippen MR) is 170 cm³/mol. The van der Waals surface area contributed by atoms with Gasteiger partial charge in [-0.2, -0.15) is 0 Å². The Bertz CT molecular complexity index is 1320. The molecule has 2 unspecified atom stereocenters. The van der Waals surface area contributed by atoms with Gasteiger partial charge in [-0.1, -0.05) is 74.9 Å². The van der Waals surface area contributed by atoms with E-state index in [1.165, 1.54) is 0 Å². The second-order valence-corrected chi connectivity index (χ2v) is 11.5. The van der Waals surface area contributed by atoms with Crippen molar-refractivity contribution in [2.75, 3.05) is 19.0 Å². The number of unbranched alkanes of at least 4 members (excludes halogenated alkanes) is 1. The standard InChI is InChI=1S/C35H45N3O5/c1-7-9-23-38(33(40)30(24-26-13-11-10-12-14-26)37-34(41)43-35(3,4)5)31(27-17-15-25(8-2)16-18-27)32(39)36-28-19-21-29(42-6)22-20-28/h10-22,30-31H,7-9,23-24H2,1-6H3,(H,36,39)(H,37,41). The number of nitrogens with zero attached hydrogens (tertiary/aromatic N) is 1. The number of hydrogen-bond acceptors (Lipinski definition) is 5. The molecular weight excluding hydrogens is 542 g/mol. The molecule has 2 atom stereocenters. The van der Waals surface area contributed by atoms with Crippen molar-refractivity contribution in [2.45, 2.75) is 78.0 Å². The summed E-state index contributed by atoms with van der Waals surface area (Å²) in [4.78, 5) is 43.1. The number of rotatable bonds is 13. The maximum absolute atomic E-state index is 14.5. The fourth-order valence-corrected chi connectivity index (χ4v) is 4.69. The molecule has 0 aliphatic carbocycles. The Balaban J connectivity index is 2.04. The minimum absolute atomic E-state index is 0.239. The van der Waals surface area contributed by atoms with Gasteiger partial charge < -0.3 is 25.0 Å². The lowest BCUT2D eigenvalue weighted by Crippen LogP contribution is -2.53. The van der Waals surface area contributed by atoms with Crippen LogP contribution in [0.15, 0.2) is 78.9 Å². The third kappa shape index (κ3) is 10.2. The van der Waals surface area contributed by atoms with Gasteiger partial charge in [0.2, 0.25) is 5.91 Å². The Labute approximate surface area is 255 Å². The van der Waals surface area contributed by atoms with Gasteiger partial charge in [-0.25, -0.2) is 4.79 Å². The van der Waals surface area contributed by atoms with Crippen LogP contribution >= 0.6 is 0 Å². The van der Waals surface area contributed by atoms with Gasteiger partial charge in [0.25, 0.3) is 5.91 Å². The minimum Gasteiger partial charge on any atom is -0.497 e. The van der Waals surface area contributed by atoms with E-state index < -0.39 is 23.8 Å². The molecule has 0 aromatic heterocycles. The van der Waals surface area contributed by atoms with Crippen molar-refractivity contribution in [1.82, 2.24) is 10.2 Å². The largest absolute Gasteiger partial charge is 0.497 e. The summed E-state index contributed by atoms with van der Waals surface area (Å²) in [5.74, 6) is -0.0476.